The van der Waals surface area contributed by atoms with E-state index in [2.05, 4.69) is 35.2 Å². The summed E-state index contributed by atoms with van der Waals surface area (Å²) in [7, 11) is 0. The van der Waals surface area contributed by atoms with Gasteiger partial charge in [-0.25, -0.2) is 0 Å². The molecule has 4 aliphatic rings. The molecule has 1 aromatic carbocycles. The van der Waals surface area contributed by atoms with E-state index in [1.165, 1.54) is 63.7 Å². The van der Waals surface area contributed by atoms with Crippen LogP contribution in [0.5, 0.6) is 0 Å². The van der Waals surface area contributed by atoms with Crippen molar-refractivity contribution in [2.75, 3.05) is 26.2 Å². The second-order valence-electron chi connectivity index (χ2n) is 7.57. The molecule has 0 spiro atoms. The Bertz CT molecular complexity index is 460. The molecular weight excluding hydrogens is 270 g/mol. The molecule has 2 nitrogen and oxygen atoms in total. The highest BCUT2D eigenvalue weighted by Crippen LogP contribution is 2.38. The molecule has 3 saturated heterocycles. The van der Waals surface area contributed by atoms with Crippen LogP contribution in [0.3, 0.4) is 0 Å². The van der Waals surface area contributed by atoms with Crippen molar-refractivity contribution in [2.24, 2.45) is 11.8 Å². The molecule has 0 radical (unpaired) electrons. The Morgan fingerprint density at radius 2 is 1.73 bits per heavy atom. The highest BCUT2D eigenvalue weighted by molar-refractivity contribution is 5.20. The van der Waals surface area contributed by atoms with Gasteiger partial charge < -0.3 is 9.64 Å². The van der Waals surface area contributed by atoms with Gasteiger partial charge in [0.15, 0.2) is 0 Å². The predicted molar refractivity (Wildman–Crippen MR) is 90.0 cm³/mol. The SMILES string of the molecule is c1ccc(C(CO[C@@H]2CN3CCC2CC3)C2CCCC2)cc1. The van der Waals surface area contributed by atoms with Crippen molar-refractivity contribution in [2.45, 2.75) is 50.5 Å². The first-order chi connectivity index (χ1) is 10.9. The zero-order valence-corrected chi connectivity index (χ0v) is 13.6. The Kier molecular flexibility index (Phi) is 4.49. The van der Waals surface area contributed by atoms with Crippen LogP contribution in [0.4, 0.5) is 0 Å². The number of hydrogen-bond donors (Lipinski definition) is 0. The van der Waals surface area contributed by atoms with Gasteiger partial charge in [-0.3, -0.25) is 0 Å². The van der Waals surface area contributed by atoms with E-state index in [4.69, 9.17) is 4.74 Å². The molecule has 22 heavy (non-hydrogen) atoms. The molecule has 3 aliphatic heterocycles. The van der Waals surface area contributed by atoms with Crippen LogP contribution in [0.1, 0.15) is 50.0 Å². The fourth-order valence-electron chi connectivity index (χ4n) is 4.89. The highest BCUT2D eigenvalue weighted by Gasteiger charge is 2.36. The maximum absolute atomic E-state index is 6.50. The zero-order valence-electron chi connectivity index (χ0n) is 13.6. The molecule has 2 bridgehead atoms. The molecule has 4 fully saturated rings. The smallest absolute Gasteiger partial charge is 0.0731 e. The van der Waals surface area contributed by atoms with E-state index < -0.39 is 0 Å². The third-order valence-electron chi connectivity index (χ3n) is 6.28. The van der Waals surface area contributed by atoms with Crippen LogP contribution in [0, 0.1) is 11.8 Å². The summed E-state index contributed by atoms with van der Waals surface area (Å²) in [6.45, 7) is 4.71. The molecule has 2 atom stereocenters. The van der Waals surface area contributed by atoms with Gasteiger partial charge in [0.25, 0.3) is 0 Å². The van der Waals surface area contributed by atoms with Crippen molar-refractivity contribution >= 4 is 0 Å². The highest BCUT2D eigenvalue weighted by atomic mass is 16.5. The van der Waals surface area contributed by atoms with Crippen LogP contribution < -0.4 is 0 Å². The first kappa shape index (κ1) is 14.7. The molecule has 1 aliphatic carbocycles. The van der Waals surface area contributed by atoms with Gasteiger partial charge in [0.05, 0.1) is 12.7 Å². The van der Waals surface area contributed by atoms with Gasteiger partial charge in [-0.2, -0.15) is 0 Å². The third kappa shape index (κ3) is 3.09. The van der Waals surface area contributed by atoms with E-state index in [9.17, 15) is 0 Å². The number of piperidine rings is 3. The molecule has 2 heteroatoms. The van der Waals surface area contributed by atoms with Gasteiger partial charge in [0.1, 0.15) is 0 Å². The Labute approximate surface area is 134 Å². The molecular formula is C20H29NO. The van der Waals surface area contributed by atoms with E-state index in [0.717, 1.165) is 18.4 Å². The lowest BCUT2D eigenvalue weighted by atomic mass is 9.84. The molecule has 1 saturated carbocycles. The summed E-state index contributed by atoms with van der Waals surface area (Å²) in [5.74, 6) is 2.27. The fourth-order valence-corrected chi connectivity index (χ4v) is 4.89. The second-order valence-corrected chi connectivity index (χ2v) is 7.57. The quantitative estimate of drug-likeness (QED) is 0.812. The summed E-state index contributed by atoms with van der Waals surface area (Å²) >= 11 is 0. The molecule has 0 N–H and O–H groups in total. The van der Waals surface area contributed by atoms with E-state index in [1.54, 1.807) is 0 Å². The van der Waals surface area contributed by atoms with Crippen molar-refractivity contribution in [1.82, 2.24) is 4.90 Å². The van der Waals surface area contributed by atoms with Crippen molar-refractivity contribution in [3.8, 4) is 0 Å². The standard InChI is InChI=1S/C20H29NO/c1-2-6-16(7-3-1)19(17-8-4-5-9-17)15-22-20-14-21-12-10-18(20)11-13-21/h1-3,6-7,17-20H,4-5,8-15H2/t19?,20-/m1/s1. The topological polar surface area (TPSA) is 12.5 Å². The Morgan fingerprint density at radius 1 is 1.00 bits per heavy atom. The number of nitrogens with zero attached hydrogens (tertiary/aromatic N) is 1. The van der Waals surface area contributed by atoms with E-state index >= 15 is 0 Å². The minimum Gasteiger partial charge on any atom is -0.376 e. The first-order valence-corrected chi connectivity index (χ1v) is 9.29. The van der Waals surface area contributed by atoms with Gasteiger partial charge >= 0.3 is 0 Å². The van der Waals surface area contributed by atoms with Gasteiger partial charge in [0, 0.05) is 12.5 Å². The lowest BCUT2D eigenvalue weighted by molar-refractivity contribution is -0.0762. The maximum Gasteiger partial charge on any atom is 0.0731 e. The van der Waals surface area contributed by atoms with Crippen LogP contribution in [0.25, 0.3) is 0 Å². The Hall–Kier alpha value is -0.860. The maximum atomic E-state index is 6.50. The Morgan fingerprint density at radius 3 is 2.36 bits per heavy atom. The van der Waals surface area contributed by atoms with Gasteiger partial charge in [-0.05, 0) is 56.2 Å². The van der Waals surface area contributed by atoms with Crippen molar-refractivity contribution in [3.63, 3.8) is 0 Å². The average Bonchev–Trinajstić information content (AvgIpc) is 3.11. The summed E-state index contributed by atoms with van der Waals surface area (Å²) in [5.41, 5.74) is 1.50. The number of hydrogen-bond acceptors (Lipinski definition) is 2. The lowest BCUT2D eigenvalue weighted by Gasteiger charge is -2.45. The summed E-state index contributed by atoms with van der Waals surface area (Å²) in [5, 5.41) is 0. The molecule has 1 aromatic rings. The van der Waals surface area contributed by atoms with Gasteiger partial charge in [-0.1, -0.05) is 43.2 Å². The summed E-state index contributed by atoms with van der Waals surface area (Å²) in [6.07, 6.45) is 8.80. The monoisotopic (exact) mass is 299 g/mol. The van der Waals surface area contributed by atoms with Crippen LogP contribution in [-0.4, -0.2) is 37.2 Å². The van der Waals surface area contributed by atoms with Crippen LogP contribution in [-0.2, 0) is 4.74 Å². The number of rotatable bonds is 5. The molecule has 0 aromatic heterocycles. The molecule has 1 unspecified atom stereocenters. The fraction of sp³-hybridized carbons (Fsp3) is 0.700. The van der Waals surface area contributed by atoms with Crippen molar-refractivity contribution in [1.29, 1.82) is 0 Å². The second kappa shape index (κ2) is 6.72. The lowest BCUT2D eigenvalue weighted by Crippen LogP contribution is -2.51. The average molecular weight is 299 g/mol. The van der Waals surface area contributed by atoms with Crippen LogP contribution in [0.2, 0.25) is 0 Å². The van der Waals surface area contributed by atoms with Crippen molar-refractivity contribution < 1.29 is 4.74 Å². The van der Waals surface area contributed by atoms with Gasteiger partial charge in [0.2, 0.25) is 0 Å². The zero-order chi connectivity index (χ0) is 14.8. The van der Waals surface area contributed by atoms with Crippen LogP contribution >= 0.6 is 0 Å². The Balaban J connectivity index is 1.42. The molecule has 3 heterocycles. The largest absolute Gasteiger partial charge is 0.376 e. The molecule has 5 rings (SSSR count). The predicted octanol–water partition coefficient (Wildman–Crippen LogP) is 4.07. The van der Waals surface area contributed by atoms with E-state index in [0.29, 0.717) is 12.0 Å². The molecule has 0 amide bonds. The number of ether oxygens (including phenoxy) is 1. The summed E-state index contributed by atoms with van der Waals surface area (Å²) in [6, 6.07) is 11.1. The number of fused-ring (bicyclic) bond motifs is 3. The number of benzene rings is 1. The van der Waals surface area contributed by atoms with Crippen molar-refractivity contribution in [3.05, 3.63) is 35.9 Å². The van der Waals surface area contributed by atoms with Gasteiger partial charge in [-0.15, -0.1) is 0 Å². The summed E-state index contributed by atoms with van der Waals surface area (Å²) in [4.78, 5) is 2.59. The minimum absolute atomic E-state index is 0.495. The normalized spacial score (nSPS) is 33.2. The van der Waals surface area contributed by atoms with E-state index in [1.807, 2.05) is 0 Å². The van der Waals surface area contributed by atoms with E-state index in [-0.39, 0.29) is 0 Å². The third-order valence-corrected chi connectivity index (χ3v) is 6.28. The van der Waals surface area contributed by atoms with Crippen LogP contribution in [0.15, 0.2) is 30.3 Å². The summed E-state index contributed by atoms with van der Waals surface area (Å²) < 4.78 is 6.50. The molecule has 120 valence electrons. The first-order valence-electron chi connectivity index (χ1n) is 9.29. The minimum atomic E-state index is 0.495.